The molecule has 2 atom stereocenters. The normalized spacial score (nSPS) is 15.6. The summed E-state index contributed by atoms with van der Waals surface area (Å²) in [6, 6.07) is 10.6. The van der Waals surface area contributed by atoms with Gasteiger partial charge in [0.15, 0.2) is 36.1 Å². The maximum absolute atomic E-state index is 14.5. The molecular formula is C57H67ClF2N16O12. The molecule has 0 spiro atoms. The van der Waals surface area contributed by atoms with Gasteiger partial charge in [-0.15, -0.1) is 12.4 Å². The monoisotopic (exact) mass is 1240 g/mol. The van der Waals surface area contributed by atoms with Gasteiger partial charge in [0, 0.05) is 51.4 Å². The number of anilines is 2. The van der Waals surface area contributed by atoms with Gasteiger partial charge >= 0.3 is 6.09 Å². The number of nitrogens with one attached hydrogen (secondary N) is 9. The third kappa shape index (κ3) is 16.3. The van der Waals surface area contributed by atoms with Gasteiger partial charge in [-0.2, -0.15) is 10.2 Å². The molecule has 6 aromatic rings. The lowest BCUT2D eigenvalue weighted by molar-refractivity contribution is -0.123. The van der Waals surface area contributed by atoms with Gasteiger partial charge < -0.3 is 67.0 Å². The standard InChI is InChI=1S/C31H37FN8O7.C26H29FN8O5.ClH/c1-17(27(42)33-13-18-7-9-39(10-8-18)30(45)47-31(2,3)4)36-29(44)23-12-22(38-26-20(32)15-35-40(23)26)28(43)34-14-19-5-6-24-21(11-19)37-25(41)16-46-24;1-14(24(37)29-10-15-4-6-28-7-5-15)32-26(39)20-9-19(34-23-17(27)12-31-35(20)23)25(38)30-11-16-2-3-21-18(8-16)33-22(36)13-40-21;/h5-6,11-12,15,17-18H,7-10,13-14,16H2,1-4H3,(H,33,42)(H,34,43)(H,36,44)(H,37,41);2-3,8-9,12,14-15,28H,4-7,10-11,13H2,1H3,(H,29,37)(H,30,38)(H,32,39)(H,33,36);1H/t17-;14-;/m00./s1. The Bertz CT molecular complexity index is 3660. The molecule has 9 N–H and O–H groups in total. The summed E-state index contributed by atoms with van der Waals surface area (Å²) in [5.41, 5.74) is 0.207. The first-order valence-electron chi connectivity index (χ1n) is 28.2. The summed E-state index contributed by atoms with van der Waals surface area (Å²) in [6.45, 7) is 12.1. The summed E-state index contributed by atoms with van der Waals surface area (Å²) in [5, 5.41) is 32.6. The number of hydrogen-bond donors (Lipinski definition) is 9. The largest absolute Gasteiger partial charge is 0.482 e. The van der Waals surface area contributed by atoms with Crippen molar-refractivity contribution in [1.82, 2.24) is 71.3 Å². The van der Waals surface area contributed by atoms with Crippen molar-refractivity contribution in [2.45, 2.75) is 91.1 Å². The van der Waals surface area contributed by atoms with Gasteiger partial charge in [0.1, 0.15) is 52.0 Å². The van der Waals surface area contributed by atoms with Crippen LogP contribution in [0.5, 0.6) is 11.5 Å². The third-order valence-corrected chi connectivity index (χ3v) is 14.4. The molecule has 2 aromatic carbocycles. The number of rotatable bonds is 16. The van der Waals surface area contributed by atoms with E-state index in [1.54, 1.807) is 41.3 Å². The number of hydrogen-bond acceptors (Lipinski definition) is 17. The molecule has 0 unspecified atom stereocenters. The molecule has 0 bridgehead atoms. The zero-order chi connectivity index (χ0) is 62.1. The molecule has 0 radical (unpaired) electrons. The molecule has 28 nitrogen and oxygen atoms in total. The van der Waals surface area contributed by atoms with Gasteiger partial charge in [0.05, 0.1) is 23.8 Å². The Morgan fingerprint density at radius 1 is 0.636 bits per heavy atom. The molecule has 0 saturated carbocycles. The molecule has 31 heteroatoms. The second kappa shape index (κ2) is 28.3. The Hall–Kier alpha value is -9.58. The van der Waals surface area contributed by atoms with Crippen LogP contribution in [-0.2, 0) is 37.0 Å². The quantitative estimate of drug-likeness (QED) is 0.0673. The average molecular weight is 1240 g/mol. The molecule has 4 aliphatic heterocycles. The number of piperidine rings is 2. The van der Waals surface area contributed by atoms with Crippen LogP contribution in [0.25, 0.3) is 11.3 Å². The SMILES string of the molecule is C[C@H](NC(=O)c1cc(C(=O)NCc2ccc3c(c2)NC(=O)CO3)nc2c(F)cnn12)C(=O)NCC1CCN(C(=O)OC(C)(C)C)CC1.C[C@H](NC(=O)c1cc(C(=O)NCc2ccc3c(c2)NC(=O)CO3)nc2c(F)cnn12)C(=O)NCC1CCNCC1.Cl. The smallest absolute Gasteiger partial charge is 0.410 e. The Morgan fingerprint density at radius 2 is 1.07 bits per heavy atom. The molecule has 2 fully saturated rings. The lowest BCUT2D eigenvalue weighted by Gasteiger charge is -2.33. The maximum atomic E-state index is 14.5. The van der Waals surface area contributed by atoms with E-state index in [-0.39, 0.29) is 103 Å². The second-order valence-corrected chi connectivity index (χ2v) is 22.2. The lowest BCUT2D eigenvalue weighted by atomic mass is 9.97. The van der Waals surface area contributed by atoms with Crippen LogP contribution >= 0.6 is 12.4 Å². The first-order chi connectivity index (χ1) is 41.5. The summed E-state index contributed by atoms with van der Waals surface area (Å²) in [7, 11) is 0. The Labute approximate surface area is 508 Å². The first kappa shape index (κ1) is 64.4. The van der Waals surface area contributed by atoms with Crippen molar-refractivity contribution >= 4 is 88.4 Å². The van der Waals surface area contributed by atoms with Crippen LogP contribution < -0.4 is 57.3 Å². The van der Waals surface area contributed by atoms with Crippen LogP contribution in [0.3, 0.4) is 0 Å². The first-order valence-corrected chi connectivity index (χ1v) is 28.2. The highest BCUT2D eigenvalue weighted by atomic mass is 35.5. The topological polar surface area (TPSA) is 353 Å². The van der Waals surface area contributed by atoms with E-state index >= 15 is 0 Å². The predicted octanol–water partition coefficient (Wildman–Crippen LogP) is 2.80. The minimum Gasteiger partial charge on any atom is -0.482 e. The molecule has 88 heavy (non-hydrogen) atoms. The Kier molecular flexibility index (Phi) is 20.7. The average Bonchev–Trinajstić information content (AvgIpc) is 3.03. The number of benzene rings is 2. The van der Waals surface area contributed by atoms with Crippen LogP contribution in [0.15, 0.2) is 60.9 Å². The summed E-state index contributed by atoms with van der Waals surface area (Å²) in [5.74, 6) is -4.35. The number of likely N-dealkylation sites (tertiary alicyclic amines) is 1. The predicted molar refractivity (Wildman–Crippen MR) is 313 cm³/mol. The minimum absolute atomic E-state index is 0. The fourth-order valence-electron chi connectivity index (χ4n) is 9.65. The molecule has 468 valence electrons. The van der Waals surface area contributed by atoms with Crippen molar-refractivity contribution in [3.8, 4) is 11.5 Å². The summed E-state index contributed by atoms with van der Waals surface area (Å²) < 4.78 is 47.0. The molecule has 4 aliphatic rings. The van der Waals surface area contributed by atoms with E-state index in [9.17, 15) is 51.9 Å². The van der Waals surface area contributed by atoms with Gasteiger partial charge in [-0.3, -0.25) is 38.4 Å². The fourth-order valence-corrected chi connectivity index (χ4v) is 9.65. The van der Waals surface area contributed by atoms with E-state index in [4.69, 9.17) is 14.2 Å². The van der Waals surface area contributed by atoms with E-state index in [1.165, 1.54) is 19.9 Å². The molecule has 2 saturated heterocycles. The number of aromatic nitrogens is 6. The lowest BCUT2D eigenvalue weighted by Crippen LogP contribution is -2.48. The molecule has 8 heterocycles. The number of carbonyl (C=O) groups excluding carboxylic acids is 9. The highest BCUT2D eigenvalue weighted by molar-refractivity contribution is 6.01. The van der Waals surface area contributed by atoms with Gasteiger partial charge in [-0.05, 0) is 121 Å². The van der Waals surface area contributed by atoms with Crippen molar-refractivity contribution in [3.63, 3.8) is 0 Å². The summed E-state index contributed by atoms with van der Waals surface area (Å²) in [4.78, 5) is 123. The van der Waals surface area contributed by atoms with Crippen LogP contribution in [0.4, 0.5) is 25.0 Å². The molecule has 0 aliphatic carbocycles. The minimum atomic E-state index is -0.973. The van der Waals surface area contributed by atoms with Crippen molar-refractivity contribution in [2.24, 2.45) is 11.8 Å². The van der Waals surface area contributed by atoms with Gasteiger partial charge in [0.25, 0.3) is 35.4 Å². The van der Waals surface area contributed by atoms with Crippen molar-refractivity contribution in [1.29, 1.82) is 0 Å². The van der Waals surface area contributed by atoms with Crippen LogP contribution in [0.1, 0.15) is 113 Å². The van der Waals surface area contributed by atoms with Gasteiger partial charge in [-0.1, -0.05) is 12.1 Å². The van der Waals surface area contributed by atoms with Crippen molar-refractivity contribution in [2.75, 3.05) is 63.1 Å². The highest BCUT2D eigenvalue weighted by Crippen LogP contribution is 2.30. The van der Waals surface area contributed by atoms with Gasteiger partial charge in [0.2, 0.25) is 11.8 Å². The zero-order valence-corrected chi connectivity index (χ0v) is 49.5. The van der Waals surface area contributed by atoms with E-state index in [2.05, 4.69) is 68.0 Å². The summed E-state index contributed by atoms with van der Waals surface area (Å²) in [6.07, 6.45) is 4.69. The Balaban J connectivity index is 0.000000228. The van der Waals surface area contributed by atoms with Crippen molar-refractivity contribution < 1.29 is 66.1 Å². The number of halogens is 3. The number of carbonyl (C=O) groups is 9. The molecule has 10 rings (SSSR count). The third-order valence-electron chi connectivity index (χ3n) is 14.4. The van der Waals surface area contributed by atoms with E-state index in [0.717, 1.165) is 53.4 Å². The van der Waals surface area contributed by atoms with E-state index < -0.39 is 58.9 Å². The number of fused-ring (bicyclic) bond motifs is 4. The van der Waals surface area contributed by atoms with E-state index in [1.807, 2.05) is 20.8 Å². The van der Waals surface area contributed by atoms with Crippen LogP contribution in [-0.4, -0.2) is 158 Å². The van der Waals surface area contributed by atoms with Gasteiger partial charge in [-0.25, -0.2) is 32.6 Å². The summed E-state index contributed by atoms with van der Waals surface area (Å²) >= 11 is 0. The van der Waals surface area contributed by atoms with E-state index in [0.29, 0.717) is 78.9 Å². The molecular weight excluding hydrogens is 1170 g/mol. The zero-order valence-electron chi connectivity index (χ0n) is 48.7. The van der Waals surface area contributed by atoms with Crippen molar-refractivity contribution in [3.05, 3.63) is 106 Å². The maximum Gasteiger partial charge on any atom is 0.410 e. The number of ether oxygens (including phenoxy) is 3. The second-order valence-electron chi connectivity index (χ2n) is 22.2. The van der Waals surface area contributed by atoms with Crippen LogP contribution in [0.2, 0.25) is 0 Å². The highest BCUT2D eigenvalue weighted by Gasteiger charge is 2.30. The molecule has 4 aromatic heterocycles. The Morgan fingerprint density at radius 3 is 1.50 bits per heavy atom. The molecule has 9 amide bonds. The fraction of sp³-hybridized carbons (Fsp3) is 0.421. The van der Waals surface area contributed by atoms with Crippen LogP contribution in [0, 0.1) is 23.5 Å². The number of nitrogens with zero attached hydrogens (tertiary/aromatic N) is 7. The number of amides is 9.